The first-order valence-electron chi connectivity index (χ1n) is 13.2. The second-order valence-corrected chi connectivity index (χ2v) is 10.6. The van der Waals surface area contributed by atoms with Gasteiger partial charge in [0.25, 0.3) is 0 Å². The van der Waals surface area contributed by atoms with Crippen LogP contribution in [-0.4, -0.2) is 17.7 Å². The van der Waals surface area contributed by atoms with Crippen molar-refractivity contribution in [2.75, 3.05) is 6.61 Å². The van der Waals surface area contributed by atoms with Crippen LogP contribution >= 0.6 is 23.2 Å². The number of benzene rings is 4. The predicted octanol–water partition coefficient (Wildman–Crippen LogP) is 9.27. The highest BCUT2D eigenvalue weighted by molar-refractivity contribution is 6.36. The summed E-state index contributed by atoms with van der Waals surface area (Å²) in [7, 11) is 0. The normalized spacial score (nSPS) is 11.2. The minimum Gasteiger partial charge on any atom is -0.489 e. The molecule has 5 rings (SSSR count). The van der Waals surface area contributed by atoms with Gasteiger partial charge in [-0.1, -0.05) is 84.7 Å². The summed E-state index contributed by atoms with van der Waals surface area (Å²) in [5.41, 5.74) is 5.12. The molecule has 204 valence electrons. The van der Waals surface area contributed by atoms with Gasteiger partial charge in [-0.25, -0.2) is 4.79 Å². The maximum Gasteiger partial charge on any atom is 0.338 e. The van der Waals surface area contributed by atoms with Crippen molar-refractivity contribution in [3.05, 3.63) is 117 Å². The maximum absolute atomic E-state index is 12.3. The zero-order chi connectivity index (χ0) is 28.2. The zero-order valence-electron chi connectivity index (χ0n) is 22.5. The Kier molecular flexibility index (Phi) is 8.43. The van der Waals surface area contributed by atoms with Crippen molar-refractivity contribution in [2.45, 2.75) is 39.7 Å². The van der Waals surface area contributed by atoms with Gasteiger partial charge in [0.2, 0.25) is 0 Å². The van der Waals surface area contributed by atoms with E-state index in [0.29, 0.717) is 35.2 Å². The highest BCUT2D eigenvalue weighted by Crippen LogP contribution is 2.32. The number of carbonyl (C=O) groups excluding carboxylic acids is 1. The molecule has 1 heterocycles. The lowest BCUT2D eigenvalue weighted by Gasteiger charge is -2.11. The third-order valence-electron chi connectivity index (χ3n) is 6.78. The smallest absolute Gasteiger partial charge is 0.338 e. The van der Waals surface area contributed by atoms with Crippen LogP contribution in [0.2, 0.25) is 10.0 Å². The average molecular weight is 575 g/mol. The first-order valence-corrected chi connectivity index (χ1v) is 13.9. The molecule has 0 aliphatic heterocycles. The Balaban J connectivity index is 1.34. The summed E-state index contributed by atoms with van der Waals surface area (Å²) in [5, 5.41) is 7.36. The van der Waals surface area contributed by atoms with Gasteiger partial charge in [0.1, 0.15) is 18.1 Å². The lowest BCUT2D eigenvalue weighted by Crippen LogP contribution is -2.05. The van der Waals surface area contributed by atoms with E-state index in [0.717, 1.165) is 50.2 Å². The summed E-state index contributed by atoms with van der Waals surface area (Å²) in [4.78, 5) is 12.3. The predicted molar refractivity (Wildman–Crippen MR) is 160 cm³/mol. The van der Waals surface area contributed by atoms with Crippen molar-refractivity contribution in [3.63, 3.8) is 0 Å². The first kappa shape index (κ1) is 27.8. The van der Waals surface area contributed by atoms with Gasteiger partial charge in [-0.2, -0.15) is 0 Å². The summed E-state index contributed by atoms with van der Waals surface area (Å²) >= 11 is 12.8. The van der Waals surface area contributed by atoms with Crippen LogP contribution < -0.4 is 4.74 Å². The minimum atomic E-state index is -0.311. The molecule has 0 atom stereocenters. The fourth-order valence-electron chi connectivity index (χ4n) is 4.72. The highest BCUT2D eigenvalue weighted by atomic mass is 35.5. The lowest BCUT2D eigenvalue weighted by molar-refractivity contribution is 0.0528. The molecule has 0 saturated heterocycles. The van der Waals surface area contributed by atoms with Gasteiger partial charge in [-0.15, -0.1) is 0 Å². The van der Waals surface area contributed by atoms with Gasteiger partial charge in [0.15, 0.2) is 0 Å². The number of nitrogens with zero attached hydrogens (tertiary/aromatic N) is 1. The lowest BCUT2D eigenvalue weighted by atomic mass is 9.98. The van der Waals surface area contributed by atoms with Gasteiger partial charge in [0.05, 0.1) is 23.4 Å². The SMILES string of the molecule is CCOC(=O)c1cccc2cc(-c3ccc(OCc4c(Cc5c(Cl)cccc5Cl)noc4C(C)C)cc3)ccc12. The molecule has 0 fully saturated rings. The summed E-state index contributed by atoms with van der Waals surface area (Å²) < 4.78 is 17.1. The molecular formula is C33H29Cl2NO4. The molecule has 5 nitrogen and oxygen atoms in total. The molecule has 40 heavy (non-hydrogen) atoms. The second kappa shape index (κ2) is 12.2. The number of fused-ring (bicyclic) bond motifs is 1. The fourth-order valence-corrected chi connectivity index (χ4v) is 5.25. The number of ether oxygens (including phenoxy) is 2. The van der Waals surface area contributed by atoms with E-state index in [1.165, 1.54) is 0 Å². The number of aromatic nitrogens is 1. The van der Waals surface area contributed by atoms with E-state index in [2.05, 4.69) is 25.1 Å². The van der Waals surface area contributed by atoms with Crippen LogP contribution in [0.5, 0.6) is 5.75 Å². The van der Waals surface area contributed by atoms with Crippen LogP contribution in [0.4, 0.5) is 0 Å². The van der Waals surface area contributed by atoms with Crippen LogP contribution in [0.25, 0.3) is 21.9 Å². The van der Waals surface area contributed by atoms with E-state index in [1.807, 2.05) is 66.7 Å². The second-order valence-electron chi connectivity index (χ2n) is 9.78. The monoisotopic (exact) mass is 573 g/mol. The van der Waals surface area contributed by atoms with Crippen LogP contribution in [0.3, 0.4) is 0 Å². The number of hydrogen-bond donors (Lipinski definition) is 0. The zero-order valence-corrected chi connectivity index (χ0v) is 24.1. The standard InChI is InChI=1S/C33H29Cl2NO4/c1-4-38-33(37)26-8-5-7-23-17-22(13-16-25(23)26)21-11-14-24(15-12-21)39-19-28-31(36-40-32(28)20(2)3)18-27-29(34)9-6-10-30(27)35/h5-17,20H,4,18-19H2,1-3H3. The Hall–Kier alpha value is -3.80. The molecule has 7 heteroatoms. The number of carbonyl (C=O) groups is 1. The summed E-state index contributed by atoms with van der Waals surface area (Å²) in [6.07, 6.45) is 0.451. The molecule has 0 aliphatic rings. The Bertz CT molecular complexity index is 1640. The Morgan fingerprint density at radius 1 is 0.900 bits per heavy atom. The van der Waals surface area contributed by atoms with Crippen molar-refractivity contribution in [2.24, 2.45) is 0 Å². The average Bonchev–Trinajstić information content (AvgIpc) is 3.36. The molecule has 4 aromatic carbocycles. The number of halogens is 2. The fraction of sp³-hybridized carbons (Fsp3) is 0.212. The molecule has 1 aromatic heterocycles. The van der Waals surface area contributed by atoms with Gasteiger partial charge in [-0.05, 0) is 70.8 Å². The first-order chi connectivity index (χ1) is 19.4. The molecule has 0 unspecified atom stereocenters. The minimum absolute atomic E-state index is 0.140. The van der Waals surface area contributed by atoms with E-state index in [4.69, 9.17) is 37.2 Å². The van der Waals surface area contributed by atoms with Gasteiger partial charge in [-0.3, -0.25) is 0 Å². The van der Waals surface area contributed by atoms with Crippen molar-refractivity contribution in [1.29, 1.82) is 0 Å². The van der Waals surface area contributed by atoms with E-state index < -0.39 is 0 Å². The Morgan fingerprint density at radius 3 is 2.30 bits per heavy atom. The quantitative estimate of drug-likeness (QED) is 0.164. The van der Waals surface area contributed by atoms with E-state index in [-0.39, 0.29) is 11.9 Å². The molecule has 0 saturated carbocycles. The Morgan fingerprint density at radius 2 is 1.60 bits per heavy atom. The molecule has 0 amide bonds. The van der Waals surface area contributed by atoms with Crippen LogP contribution in [0.1, 0.15) is 59.6 Å². The van der Waals surface area contributed by atoms with Gasteiger partial charge < -0.3 is 14.0 Å². The topological polar surface area (TPSA) is 61.6 Å². The number of hydrogen-bond acceptors (Lipinski definition) is 5. The molecule has 5 aromatic rings. The summed E-state index contributed by atoms with van der Waals surface area (Å²) in [6.45, 7) is 6.57. The van der Waals surface area contributed by atoms with Crippen LogP contribution in [0, 0.1) is 0 Å². The number of esters is 1. The summed E-state index contributed by atoms with van der Waals surface area (Å²) in [6, 6.07) is 25.1. The van der Waals surface area contributed by atoms with Gasteiger partial charge in [0, 0.05) is 22.4 Å². The Labute approximate surface area is 243 Å². The maximum atomic E-state index is 12.3. The van der Waals surface area contributed by atoms with E-state index in [9.17, 15) is 4.79 Å². The molecule has 0 N–H and O–H groups in total. The third-order valence-corrected chi connectivity index (χ3v) is 7.49. The van der Waals surface area contributed by atoms with E-state index in [1.54, 1.807) is 13.0 Å². The molecule has 0 radical (unpaired) electrons. The molecule has 0 aliphatic carbocycles. The van der Waals surface area contributed by atoms with Crippen LogP contribution in [0.15, 0.2) is 83.4 Å². The third kappa shape index (κ3) is 5.86. The van der Waals surface area contributed by atoms with E-state index >= 15 is 0 Å². The molecule has 0 spiro atoms. The largest absolute Gasteiger partial charge is 0.489 e. The highest BCUT2D eigenvalue weighted by Gasteiger charge is 2.21. The van der Waals surface area contributed by atoms with Crippen molar-refractivity contribution in [1.82, 2.24) is 5.16 Å². The van der Waals surface area contributed by atoms with Crippen molar-refractivity contribution in [3.8, 4) is 16.9 Å². The van der Waals surface area contributed by atoms with Crippen LogP contribution in [-0.2, 0) is 17.8 Å². The van der Waals surface area contributed by atoms with Crippen molar-refractivity contribution < 1.29 is 18.8 Å². The van der Waals surface area contributed by atoms with Crippen molar-refractivity contribution >= 4 is 39.9 Å². The molecular weight excluding hydrogens is 545 g/mol. The van der Waals surface area contributed by atoms with Gasteiger partial charge >= 0.3 is 5.97 Å². The molecule has 0 bridgehead atoms. The number of rotatable bonds is 9. The summed E-state index contributed by atoms with van der Waals surface area (Å²) in [5.74, 6) is 1.34.